The predicted octanol–water partition coefficient (Wildman–Crippen LogP) is 5.72. The van der Waals surface area contributed by atoms with Crippen molar-refractivity contribution in [3.05, 3.63) is 138 Å². The Kier molecular flexibility index (Phi) is 8.53. The number of nitrogens with zero attached hydrogens (tertiary/aromatic N) is 1. The summed E-state index contributed by atoms with van der Waals surface area (Å²) >= 11 is 0. The number of ketones is 1. The molecule has 7 heteroatoms. The standard InChI is InChI=1S/C35H33NO6/c1-24-31(39-21-25-13-5-2-6-14-25)32(40-22-26-15-7-3-8-16-26)33(41-23-27-17-9-4-10-18-27)35(42-24)36-29-20-12-11-19-28(29)30(37)34(36)38/h2-20,24,31-33,35H,21-23H2,1H3/t24-,31-,32+,33+,35-/m0/s1. The molecule has 1 fully saturated rings. The molecule has 1 amide bonds. The van der Waals surface area contributed by atoms with Gasteiger partial charge in [0.1, 0.15) is 18.3 Å². The molecular formula is C35H33NO6. The lowest BCUT2D eigenvalue weighted by atomic mass is 9.96. The highest BCUT2D eigenvalue weighted by atomic mass is 16.6. The van der Waals surface area contributed by atoms with Gasteiger partial charge in [0, 0.05) is 0 Å². The SMILES string of the molecule is C[C@@H]1O[C@H](N2C(=O)C(=O)c3ccccc32)[C@H](OCc2ccccc2)[C@H](OCc2ccccc2)[C@H]1OCc1ccccc1. The Morgan fingerprint density at radius 2 is 1.05 bits per heavy atom. The van der Waals surface area contributed by atoms with Crippen LogP contribution >= 0.6 is 0 Å². The van der Waals surface area contributed by atoms with Gasteiger partial charge in [0.25, 0.3) is 5.78 Å². The molecule has 0 N–H and O–H groups in total. The zero-order valence-electron chi connectivity index (χ0n) is 23.4. The number of anilines is 1. The maximum atomic E-state index is 13.4. The van der Waals surface area contributed by atoms with Gasteiger partial charge in [-0.3, -0.25) is 14.5 Å². The van der Waals surface area contributed by atoms with Crippen LogP contribution in [0.5, 0.6) is 0 Å². The molecule has 0 spiro atoms. The fourth-order valence-electron chi connectivity index (χ4n) is 5.56. The van der Waals surface area contributed by atoms with Crippen molar-refractivity contribution in [1.29, 1.82) is 0 Å². The highest BCUT2D eigenvalue weighted by Crippen LogP contribution is 2.38. The van der Waals surface area contributed by atoms with Crippen LogP contribution in [0, 0.1) is 0 Å². The Bertz CT molecular complexity index is 1500. The van der Waals surface area contributed by atoms with Gasteiger partial charge in [0.2, 0.25) is 0 Å². The van der Waals surface area contributed by atoms with E-state index in [2.05, 4.69) is 0 Å². The number of fused-ring (bicyclic) bond motifs is 1. The molecule has 4 aromatic carbocycles. The average molecular weight is 564 g/mol. The van der Waals surface area contributed by atoms with Gasteiger partial charge in [0.05, 0.1) is 37.2 Å². The molecule has 5 atom stereocenters. The minimum atomic E-state index is -0.916. The van der Waals surface area contributed by atoms with Crippen molar-refractivity contribution >= 4 is 17.4 Å². The first-order chi connectivity index (χ1) is 20.6. The molecule has 0 unspecified atom stereocenters. The average Bonchev–Trinajstić information content (AvgIpc) is 3.29. The van der Waals surface area contributed by atoms with Crippen LogP contribution in [-0.4, -0.2) is 42.3 Å². The quantitative estimate of drug-likeness (QED) is 0.230. The van der Waals surface area contributed by atoms with Crippen molar-refractivity contribution in [1.82, 2.24) is 0 Å². The van der Waals surface area contributed by atoms with Crippen LogP contribution in [-0.2, 0) is 43.6 Å². The van der Waals surface area contributed by atoms with Crippen LogP contribution in [0.25, 0.3) is 0 Å². The van der Waals surface area contributed by atoms with Crippen LogP contribution in [0.2, 0.25) is 0 Å². The van der Waals surface area contributed by atoms with E-state index in [4.69, 9.17) is 18.9 Å². The van der Waals surface area contributed by atoms with E-state index >= 15 is 0 Å². The van der Waals surface area contributed by atoms with Gasteiger partial charge >= 0.3 is 5.91 Å². The number of carbonyl (C=O) groups excluding carboxylic acids is 2. The van der Waals surface area contributed by atoms with E-state index in [0.717, 1.165) is 16.7 Å². The van der Waals surface area contributed by atoms with Crippen molar-refractivity contribution in [2.75, 3.05) is 4.90 Å². The van der Waals surface area contributed by atoms with E-state index in [1.165, 1.54) is 4.90 Å². The van der Waals surface area contributed by atoms with Crippen LogP contribution in [0.15, 0.2) is 115 Å². The van der Waals surface area contributed by atoms with Gasteiger partial charge in [-0.05, 0) is 35.7 Å². The Balaban J connectivity index is 1.36. The van der Waals surface area contributed by atoms with Crippen molar-refractivity contribution < 1.29 is 28.5 Å². The topological polar surface area (TPSA) is 74.3 Å². The van der Waals surface area contributed by atoms with E-state index in [9.17, 15) is 9.59 Å². The van der Waals surface area contributed by atoms with Crippen LogP contribution in [0.3, 0.4) is 0 Å². The Hall–Kier alpha value is -4.14. The molecule has 0 saturated carbocycles. The summed E-state index contributed by atoms with van der Waals surface area (Å²) in [5.74, 6) is -1.21. The fraction of sp³-hybridized carbons (Fsp3) is 0.257. The number of rotatable bonds is 10. The smallest absolute Gasteiger partial charge is 0.301 e. The molecule has 7 nitrogen and oxygen atoms in total. The molecule has 0 aromatic heterocycles. The molecule has 0 aliphatic carbocycles. The van der Waals surface area contributed by atoms with Gasteiger partial charge in [-0.1, -0.05) is 103 Å². The molecule has 0 bridgehead atoms. The highest BCUT2D eigenvalue weighted by Gasteiger charge is 2.53. The maximum absolute atomic E-state index is 13.4. The van der Waals surface area contributed by atoms with Crippen molar-refractivity contribution in [2.24, 2.45) is 0 Å². The molecular weight excluding hydrogens is 530 g/mol. The van der Waals surface area contributed by atoms with Gasteiger partial charge in [-0.15, -0.1) is 0 Å². The lowest BCUT2D eigenvalue weighted by molar-refractivity contribution is -0.260. The van der Waals surface area contributed by atoms with Crippen molar-refractivity contribution in [3.63, 3.8) is 0 Å². The minimum Gasteiger partial charge on any atom is -0.368 e. The second-order valence-electron chi connectivity index (χ2n) is 10.5. The molecule has 0 radical (unpaired) electrons. The summed E-state index contributed by atoms with van der Waals surface area (Å²) in [6, 6.07) is 36.6. The third-order valence-electron chi connectivity index (χ3n) is 7.68. The first kappa shape index (κ1) is 28.0. The van der Waals surface area contributed by atoms with E-state index < -0.39 is 42.3 Å². The minimum absolute atomic E-state index is 0.258. The Labute approximate surface area is 245 Å². The summed E-state index contributed by atoms with van der Waals surface area (Å²) in [5, 5.41) is 0. The first-order valence-corrected chi connectivity index (χ1v) is 14.2. The fourth-order valence-corrected chi connectivity index (χ4v) is 5.56. The molecule has 214 valence electrons. The van der Waals surface area contributed by atoms with Crippen molar-refractivity contribution in [2.45, 2.75) is 57.4 Å². The zero-order valence-corrected chi connectivity index (χ0v) is 23.4. The first-order valence-electron chi connectivity index (χ1n) is 14.2. The maximum Gasteiger partial charge on any atom is 0.301 e. The van der Waals surface area contributed by atoms with E-state index in [-0.39, 0.29) is 6.61 Å². The van der Waals surface area contributed by atoms with E-state index in [0.29, 0.717) is 24.5 Å². The van der Waals surface area contributed by atoms with Crippen molar-refractivity contribution in [3.8, 4) is 0 Å². The summed E-state index contributed by atoms with van der Waals surface area (Å²) in [6.45, 7) is 2.83. The number of ether oxygens (including phenoxy) is 4. The van der Waals surface area contributed by atoms with Gasteiger partial charge in [-0.25, -0.2) is 0 Å². The van der Waals surface area contributed by atoms with E-state index in [1.807, 2.05) is 97.9 Å². The molecule has 2 aliphatic heterocycles. The molecule has 2 aliphatic rings. The predicted molar refractivity (Wildman–Crippen MR) is 158 cm³/mol. The normalized spacial score (nSPS) is 23.6. The summed E-state index contributed by atoms with van der Waals surface area (Å²) in [4.78, 5) is 27.9. The number of Topliss-reactive ketones (excluding diaryl/α,β-unsaturated/α-hetero) is 1. The second kappa shape index (κ2) is 12.8. The monoisotopic (exact) mass is 563 g/mol. The van der Waals surface area contributed by atoms with Gasteiger partial charge in [-0.2, -0.15) is 0 Å². The number of amides is 1. The highest BCUT2D eigenvalue weighted by molar-refractivity contribution is 6.52. The molecule has 2 heterocycles. The van der Waals surface area contributed by atoms with Crippen LogP contribution in [0.4, 0.5) is 5.69 Å². The van der Waals surface area contributed by atoms with Gasteiger partial charge in [0.15, 0.2) is 6.23 Å². The summed E-state index contributed by atoms with van der Waals surface area (Å²) < 4.78 is 26.3. The molecule has 6 rings (SSSR count). The molecule has 4 aromatic rings. The third kappa shape index (κ3) is 5.91. The zero-order chi connectivity index (χ0) is 28.9. The number of hydrogen-bond donors (Lipinski definition) is 0. The number of hydrogen-bond acceptors (Lipinski definition) is 6. The lowest BCUT2D eigenvalue weighted by Crippen LogP contribution is -2.64. The Morgan fingerprint density at radius 3 is 1.60 bits per heavy atom. The van der Waals surface area contributed by atoms with Crippen LogP contribution < -0.4 is 4.90 Å². The number of para-hydroxylation sites is 1. The Morgan fingerprint density at radius 1 is 0.595 bits per heavy atom. The van der Waals surface area contributed by atoms with Gasteiger partial charge < -0.3 is 18.9 Å². The molecule has 1 saturated heterocycles. The number of carbonyl (C=O) groups is 2. The van der Waals surface area contributed by atoms with E-state index in [1.54, 1.807) is 24.3 Å². The second-order valence-corrected chi connectivity index (χ2v) is 10.5. The third-order valence-corrected chi connectivity index (χ3v) is 7.68. The largest absolute Gasteiger partial charge is 0.368 e. The molecule has 42 heavy (non-hydrogen) atoms. The summed E-state index contributed by atoms with van der Waals surface area (Å²) in [5.41, 5.74) is 3.83. The van der Waals surface area contributed by atoms with Crippen LogP contribution in [0.1, 0.15) is 34.0 Å². The lowest BCUT2D eigenvalue weighted by Gasteiger charge is -2.47. The number of benzene rings is 4. The summed E-state index contributed by atoms with van der Waals surface area (Å²) in [6.07, 6.45) is -3.31. The summed E-state index contributed by atoms with van der Waals surface area (Å²) in [7, 11) is 0.